The van der Waals surface area contributed by atoms with Crippen LogP contribution in [0.4, 0.5) is 5.82 Å². The van der Waals surface area contributed by atoms with E-state index in [1.165, 1.54) is 19.3 Å². The van der Waals surface area contributed by atoms with Gasteiger partial charge >= 0.3 is 0 Å². The van der Waals surface area contributed by atoms with Crippen LogP contribution in [-0.4, -0.2) is 67.4 Å². The normalized spacial score (nSPS) is 23.5. The number of ether oxygens (including phenoxy) is 2. The summed E-state index contributed by atoms with van der Waals surface area (Å²) < 4.78 is 10.9. The molecule has 6 nitrogen and oxygen atoms in total. The van der Waals surface area contributed by atoms with Crippen molar-refractivity contribution in [2.24, 2.45) is 0 Å². The highest BCUT2D eigenvalue weighted by Crippen LogP contribution is 2.19. The molecular formula is C15H24N4O2. The van der Waals surface area contributed by atoms with E-state index in [0.29, 0.717) is 12.0 Å². The standard InChI is InChI=1S/C15H24N4O2/c1-20-15-11-14(16-12-17-15)19-8-6-18(7-9-19)5-4-13-3-2-10-21-13/h11-13H,2-10H2,1H3. The first-order valence-electron chi connectivity index (χ1n) is 7.80. The van der Waals surface area contributed by atoms with Crippen molar-refractivity contribution in [3.05, 3.63) is 12.4 Å². The van der Waals surface area contributed by atoms with E-state index in [2.05, 4.69) is 19.8 Å². The van der Waals surface area contributed by atoms with Crippen LogP contribution in [0.3, 0.4) is 0 Å². The van der Waals surface area contributed by atoms with Gasteiger partial charge in [-0.3, -0.25) is 4.90 Å². The molecule has 2 aliphatic rings. The molecule has 0 aliphatic carbocycles. The van der Waals surface area contributed by atoms with Crippen LogP contribution in [0.15, 0.2) is 12.4 Å². The monoisotopic (exact) mass is 292 g/mol. The van der Waals surface area contributed by atoms with Gasteiger partial charge in [-0.05, 0) is 19.3 Å². The lowest BCUT2D eigenvalue weighted by Crippen LogP contribution is -2.47. The van der Waals surface area contributed by atoms with Crippen molar-refractivity contribution in [3.63, 3.8) is 0 Å². The predicted octanol–water partition coefficient (Wildman–Crippen LogP) is 1.18. The van der Waals surface area contributed by atoms with Crippen molar-refractivity contribution >= 4 is 5.82 Å². The Kier molecular flexibility index (Phi) is 4.87. The zero-order valence-corrected chi connectivity index (χ0v) is 12.7. The van der Waals surface area contributed by atoms with Gasteiger partial charge in [-0.25, -0.2) is 9.97 Å². The van der Waals surface area contributed by atoms with Gasteiger partial charge in [0.1, 0.15) is 12.1 Å². The second-order valence-electron chi connectivity index (χ2n) is 5.67. The predicted molar refractivity (Wildman–Crippen MR) is 80.8 cm³/mol. The van der Waals surface area contributed by atoms with Crippen LogP contribution in [0.5, 0.6) is 5.88 Å². The summed E-state index contributed by atoms with van der Waals surface area (Å²) in [7, 11) is 1.63. The topological polar surface area (TPSA) is 50.7 Å². The van der Waals surface area contributed by atoms with Gasteiger partial charge in [0.15, 0.2) is 0 Å². The van der Waals surface area contributed by atoms with Gasteiger partial charge in [0, 0.05) is 45.4 Å². The third-order valence-electron chi connectivity index (χ3n) is 4.32. The van der Waals surface area contributed by atoms with Crippen LogP contribution in [0, 0.1) is 0 Å². The lowest BCUT2D eigenvalue weighted by Gasteiger charge is -2.35. The Labute approximate surface area is 126 Å². The number of anilines is 1. The van der Waals surface area contributed by atoms with Crippen LogP contribution in [0.25, 0.3) is 0 Å². The van der Waals surface area contributed by atoms with Crippen LogP contribution < -0.4 is 9.64 Å². The average molecular weight is 292 g/mol. The number of methoxy groups -OCH3 is 1. The quantitative estimate of drug-likeness (QED) is 0.812. The lowest BCUT2D eigenvalue weighted by molar-refractivity contribution is 0.0910. The van der Waals surface area contributed by atoms with Gasteiger partial charge in [0.05, 0.1) is 13.2 Å². The third kappa shape index (κ3) is 3.83. The molecule has 1 unspecified atom stereocenters. The lowest BCUT2D eigenvalue weighted by atomic mass is 10.1. The number of piperazine rings is 1. The van der Waals surface area contributed by atoms with Crippen molar-refractivity contribution in [1.29, 1.82) is 0 Å². The Morgan fingerprint density at radius 2 is 2.14 bits per heavy atom. The number of aromatic nitrogens is 2. The minimum absolute atomic E-state index is 0.495. The molecule has 0 bridgehead atoms. The largest absolute Gasteiger partial charge is 0.481 e. The highest BCUT2D eigenvalue weighted by Gasteiger charge is 2.21. The molecule has 1 atom stereocenters. The van der Waals surface area contributed by atoms with Crippen LogP contribution >= 0.6 is 0 Å². The maximum absolute atomic E-state index is 5.69. The van der Waals surface area contributed by atoms with Crippen molar-refractivity contribution in [2.45, 2.75) is 25.4 Å². The van der Waals surface area contributed by atoms with Crippen molar-refractivity contribution in [2.75, 3.05) is 51.3 Å². The number of rotatable bonds is 5. The third-order valence-corrected chi connectivity index (χ3v) is 4.32. The zero-order chi connectivity index (χ0) is 14.5. The minimum atomic E-state index is 0.495. The first-order chi connectivity index (χ1) is 10.3. The zero-order valence-electron chi connectivity index (χ0n) is 12.7. The number of hydrogen-bond donors (Lipinski definition) is 0. The van der Waals surface area contributed by atoms with Crippen LogP contribution in [0.2, 0.25) is 0 Å². The molecule has 6 heteroatoms. The summed E-state index contributed by atoms with van der Waals surface area (Å²) in [5.41, 5.74) is 0. The van der Waals surface area contributed by atoms with Crippen molar-refractivity contribution in [3.8, 4) is 5.88 Å². The van der Waals surface area contributed by atoms with Gasteiger partial charge in [-0.2, -0.15) is 0 Å². The Balaban J connectivity index is 1.45. The molecule has 1 aromatic rings. The van der Waals surface area contributed by atoms with Gasteiger partial charge in [-0.1, -0.05) is 0 Å². The Morgan fingerprint density at radius 3 is 2.86 bits per heavy atom. The Morgan fingerprint density at radius 1 is 1.29 bits per heavy atom. The SMILES string of the molecule is COc1cc(N2CCN(CCC3CCCO3)CC2)ncn1. The smallest absolute Gasteiger partial charge is 0.218 e. The van der Waals surface area contributed by atoms with Crippen LogP contribution in [0.1, 0.15) is 19.3 Å². The van der Waals surface area contributed by atoms with E-state index in [-0.39, 0.29) is 0 Å². The summed E-state index contributed by atoms with van der Waals surface area (Å²) in [6.07, 6.45) is 5.70. The Bertz CT molecular complexity index is 443. The number of hydrogen-bond acceptors (Lipinski definition) is 6. The molecule has 2 fully saturated rings. The van der Waals surface area contributed by atoms with E-state index in [1.54, 1.807) is 13.4 Å². The summed E-state index contributed by atoms with van der Waals surface area (Å²) in [5, 5.41) is 0. The second-order valence-corrected chi connectivity index (χ2v) is 5.67. The molecule has 3 heterocycles. The molecule has 0 amide bonds. The fourth-order valence-corrected chi connectivity index (χ4v) is 3.01. The highest BCUT2D eigenvalue weighted by atomic mass is 16.5. The molecule has 3 rings (SSSR count). The van der Waals surface area contributed by atoms with Gasteiger partial charge in [0.25, 0.3) is 0 Å². The van der Waals surface area contributed by atoms with E-state index >= 15 is 0 Å². The molecule has 0 N–H and O–H groups in total. The molecule has 0 saturated carbocycles. The summed E-state index contributed by atoms with van der Waals surface area (Å²) in [6, 6.07) is 1.90. The maximum Gasteiger partial charge on any atom is 0.218 e. The van der Waals surface area contributed by atoms with Crippen molar-refractivity contribution < 1.29 is 9.47 Å². The van der Waals surface area contributed by atoms with Gasteiger partial charge < -0.3 is 14.4 Å². The van der Waals surface area contributed by atoms with E-state index < -0.39 is 0 Å². The van der Waals surface area contributed by atoms with Gasteiger partial charge in [0.2, 0.25) is 5.88 Å². The van der Waals surface area contributed by atoms with Gasteiger partial charge in [-0.15, -0.1) is 0 Å². The first kappa shape index (κ1) is 14.5. The molecule has 0 spiro atoms. The van der Waals surface area contributed by atoms with E-state index in [1.807, 2.05) is 6.07 Å². The summed E-state index contributed by atoms with van der Waals surface area (Å²) in [6.45, 7) is 6.27. The fraction of sp³-hybridized carbons (Fsp3) is 0.733. The molecule has 1 aromatic heterocycles. The first-order valence-corrected chi connectivity index (χ1v) is 7.80. The summed E-state index contributed by atoms with van der Waals surface area (Å²) in [5.74, 6) is 1.58. The molecule has 21 heavy (non-hydrogen) atoms. The van der Waals surface area contributed by atoms with E-state index in [9.17, 15) is 0 Å². The maximum atomic E-state index is 5.69. The van der Waals surface area contributed by atoms with Crippen molar-refractivity contribution in [1.82, 2.24) is 14.9 Å². The van der Waals surface area contributed by atoms with E-state index in [4.69, 9.17) is 9.47 Å². The molecule has 2 saturated heterocycles. The summed E-state index contributed by atoms with van der Waals surface area (Å²) >= 11 is 0. The number of nitrogens with zero attached hydrogens (tertiary/aromatic N) is 4. The second kappa shape index (κ2) is 7.04. The molecule has 0 aromatic carbocycles. The minimum Gasteiger partial charge on any atom is -0.481 e. The van der Waals surface area contributed by atoms with E-state index in [0.717, 1.165) is 45.1 Å². The fourth-order valence-electron chi connectivity index (χ4n) is 3.01. The average Bonchev–Trinajstić information content (AvgIpc) is 3.07. The molecular weight excluding hydrogens is 268 g/mol. The molecule has 116 valence electrons. The molecule has 0 radical (unpaired) electrons. The van der Waals surface area contributed by atoms with Crippen LogP contribution in [-0.2, 0) is 4.74 Å². The molecule has 2 aliphatic heterocycles. The highest BCUT2D eigenvalue weighted by molar-refractivity contribution is 5.41. The Hall–Kier alpha value is -1.40. The summed E-state index contributed by atoms with van der Waals surface area (Å²) in [4.78, 5) is 13.2.